The molecule has 4 aromatic carbocycles. The van der Waals surface area contributed by atoms with Crippen LogP contribution in [0.3, 0.4) is 0 Å². The Morgan fingerprint density at radius 2 is 0.812 bits per heavy atom. The number of nitrogens with zero attached hydrogens (tertiary/aromatic N) is 7. The smallest absolute Gasteiger partial charge is 0.250 e. The SMILES string of the molecule is c1cc(-n2cc[n+](CCCn3c4ccccc4c4ccccc43)c2)nc(-n2cc[n+](CCCn3c4ccccc4c4ccccc43)c2)c1. The number of imidazole rings is 2. The second-order valence-corrected chi connectivity index (χ2v) is 12.6. The average Bonchev–Trinajstić information content (AvgIpc) is 3.94. The molecule has 0 aliphatic rings. The van der Waals surface area contributed by atoms with E-state index in [0.717, 1.165) is 50.7 Å². The molecule has 0 aliphatic carbocycles. The zero-order valence-electron chi connectivity index (χ0n) is 26.8. The van der Waals surface area contributed by atoms with Crippen molar-refractivity contribution in [2.24, 2.45) is 0 Å². The zero-order valence-corrected chi connectivity index (χ0v) is 26.8. The Balaban J connectivity index is 0.861. The summed E-state index contributed by atoms with van der Waals surface area (Å²) in [7, 11) is 0. The standard InChI is InChI=1S/C41H37N7/c1-5-16-36-32(12-1)33-13-2-6-17-37(33)47(36)24-10-22-43-26-28-45(30-43)40-20-9-21-41(42-40)46-29-27-44(31-46)23-11-25-48-38-18-7-3-14-34(38)35-15-4-8-19-39(35)48/h1-9,12-21,26-31H,10-11,22-25H2/q+2. The number of rotatable bonds is 10. The van der Waals surface area contributed by atoms with Crippen LogP contribution in [0.2, 0.25) is 0 Å². The van der Waals surface area contributed by atoms with Gasteiger partial charge in [-0.05, 0) is 24.3 Å². The predicted molar refractivity (Wildman–Crippen MR) is 191 cm³/mol. The zero-order chi connectivity index (χ0) is 31.9. The molecule has 0 amide bonds. The number of para-hydroxylation sites is 4. The molecule has 0 saturated carbocycles. The Labute approximate surface area is 278 Å². The fourth-order valence-electron chi connectivity index (χ4n) is 7.33. The van der Waals surface area contributed by atoms with Gasteiger partial charge in [0.05, 0.1) is 13.1 Å². The minimum atomic E-state index is 0.903. The molecule has 0 aliphatic heterocycles. The molecule has 5 aromatic heterocycles. The molecule has 7 heteroatoms. The van der Waals surface area contributed by atoms with E-state index in [2.05, 4.69) is 180 Å². The fourth-order valence-corrected chi connectivity index (χ4v) is 7.33. The van der Waals surface area contributed by atoms with E-state index in [1.807, 2.05) is 0 Å². The first-order valence-electron chi connectivity index (χ1n) is 16.8. The monoisotopic (exact) mass is 627 g/mol. The number of fused-ring (bicyclic) bond motifs is 6. The van der Waals surface area contributed by atoms with Crippen molar-refractivity contribution < 1.29 is 9.13 Å². The van der Waals surface area contributed by atoms with Gasteiger partial charge in [-0.3, -0.25) is 0 Å². The summed E-state index contributed by atoms with van der Waals surface area (Å²) in [4.78, 5) is 5.01. The van der Waals surface area contributed by atoms with Crippen molar-refractivity contribution in [3.8, 4) is 11.6 Å². The summed E-state index contributed by atoms with van der Waals surface area (Å²) in [6.45, 7) is 3.79. The molecule has 0 spiro atoms. The second kappa shape index (κ2) is 12.0. The number of benzene rings is 4. The van der Waals surface area contributed by atoms with Gasteiger partial charge in [0.25, 0.3) is 0 Å². The van der Waals surface area contributed by atoms with Crippen molar-refractivity contribution in [3.05, 3.63) is 153 Å². The highest BCUT2D eigenvalue weighted by atomic mass is 15.2. The van der Waals surface area contributed by atoms with Gasteiger partial charge in [-0.25, -0.2) is 9.13 Å². The predicted octanol–water partition coefficient (Wildman–Crippen LogP) is 7.63. The van der Waals surface area contributed by atoms with Gasteiger partial charge in [-0.2, -0.15) is 14.1 Å². The average molecular weight is 628 g/mol. The van der Waals surface area contributed by atoms with Crippen LogP contribution in [-0.2, 0) is 26.2 Å². The Bertz CT molecular complexity index is 2260. The van der Waals surface area contributed by atoms with E-state index in [1.165, 1.54) is 43.6 Å². The van der Waals surface area contributed by atoms with Crippen molar-refractivity contribution in [3.63, 3.8) is 0 Å². The molecule has 9 rings (SSSR count). The maximum absolute atomic E-state index is 5.01. The highest BCUT2D eigenvalue weighted by molar-refractivity contribution is 6.08. The molecule has 0 saturated heterocycles. The van der Waals surface area contributed by atoms with Crippen LogP contribution in [0.15, 0.2) is 153 Å². The van der Waals surface area contributed by atoms with Gasteiger partial charge in [0.2, 0.25) is 24.3 Å². The summed E-state index contributed by atoms with van der Waals surface area (Å²) in [5.41, 5.74) is 5.21. The highest BCUT2D eigenvalue weighted by Gasteiger charge is 2.15. The first kappa shape index (κ1) is 28.3. The molecule has 0 N–H and O–H groups in total. The molecule has 234 valence electrons. The molecule has 5 heterocycles. The maximum atomic E-state index is 5.01. The maximum Gasteiger partial charge on any atom is 0.250 e. The number of hydrogen-bond acceptors (Lipinski definition) is 1. The topological polar surface area (TPSA) is 40.4 Å². The van der Waals surface area contributed by atoms with E-state index in [4.69, 9.17) is 4.98 Å². The molecular formula is C41H37N7+2. The second-order valence-electron chi connectivity index (χ2n) is 12.6. The Hall–Kier alpha value is -5.95. The summed E-state index contributed by atoms with van der Waals surface area (Å²) in [5.74, 6) is 1.81. The Morgan fingerprint density at radius 1 is 0.438 bits per heavy atom. The lowest BCUT2D eigenvalue weighted by Crippen LogP contribution is -2.31. The number of pyridine rings is 1. The minimum Gasteiger partial charge on any atom is -0.340 e. The molecule has 0 atom stereocenters. The largest absolute Gasteiger partial charge is 0.340 e. The van der Waals surface area contributed by atoms with E-state index in [0.29, 0.717) is 0 Å². The van der Waals surface area contributed by atoms with Crippen LogP contribution in [-0.4, -0.2) is 23.3 Å². The summed E-state index contributed by atoms with van der Waals surface area (Å²) >= 11 is 0. The number of hydrogen-bond donors (Lipinski definition) is 0. The molecule has 0 bridgehead atoms. The molecule has 48 heavy (non-hydrogen) atoms. The fraction of sp³-hybridized carbons (Fsp3) is 0.146. The van der Waals surface area contributed by atoms with Crippen LogP contribution in [0.4, 0.5) is 0 Å². The van der Waals surface area contributed by atoms with Crippen molar-refractivity contribution in [1.29, 1.82) is 0 Å². The molecule has 0 radical (unpaired) electrons. The van der Waals surface area contributed by atoms with E-state index in [-0.39, 0.29) is 0 Å². The van der Waals surface area contributed by atoms with Crippen molar-refractivity contribution in [1.82, 2.24) is 23.3 Å². The van der Waals surface area contributed by atoms with Gasteiger partial charge in [-0.15, -0.1) is 0 Å². The van der Waals surface area contributed by atoms with Crippen LogP contribution in [0.1, 0.15) is 12.8 Å². The van der Waals surface area contributed by atoms with Crippen LogP contribution >= 0.6 is 0 Å². The Kier molecular flexibility index (Phi) is 7.08. The summed E-state index contributed by atoms with van der Waals surface area (Å²) in [5, 5.41) is 5.30. The lowest BCUT2D eigenvalue weighted by Gasteiger charge is -2.06. The third-order valence-corrected chi connectivity index (χ3v) is 9.59. The van der Waals surface area contributed by atoms with Gasteiger partial charge in [0.15, 0.2) is 0 Å². The summed E-state index contributed by atoms with van der Waals surface area (Å²) in [6, 6.07) is 41.1. The molecule has 0 unspecified atom stereocenters. The van der Waals surface area contributed by atoms with E-state index in [9.17, 15) is 0 Å². The van der Waals surface area contributed by atoms with Gasteiger partial charge in [-0.1, -0.05) is 78.9 Å². The van der Waals surface area contributed by atoms with Crippen LogP contribution in [0.25, 0.3) is 55.2 Å². The Morgan fingerprint density at radius 3 is 1.21 bits per heavy atom. The third-order valence-electron chi connectivity index (χ3n) is 9.59. The molecule has 0 fully saturated rings. The molecular weight excluding hydrogens is 591 g/mol. The first-order chi connectivity index (χ1) is 23.8. The lowest BCUT2D eigenvalue weighted by atomic mass is 10.2. The van der Waals surface area contributed by atoms with Gasteiger partial charge in [0, 0.05) is 81.7 Å². The quantitative estimate of drug-likeness (QED) is 0.144. The van der Waals surface area contributed by atoms with Crippen molar-refractivity contribution in [2.75, 3.05) is 0 Å². The van der Waals surface area contributed by atoms with Gasteiger partial charge in [0.1, 0.15) is 24.8 Å². The van der Waals surface area contributed by atoms with Crippen LogP contribution in [0, 0.1) is 0 Å². The van der Waals surface area contributed by atoms with Crippen molar-refractivity contribution in [2.45, 2.75) is 39.0 Å². The van der Waals surface area contributed by atoms with Gasteiger partial charge >= 0.3 is 0 Å². The third kappa shape index (κ3) is 5.04. The van der Waals surface area contributed by atoms with Crippen molar-refractivity contribution >= 4 is 43.6 Å². The van der Waals surface area contributed by atoms with E-state index in [1.54, 1.807) is 0 Å². The number of aromatic nitrogens is 7. The summed E-state index contributed by atoms with van der Waals surface area (Å²) in [6.07, 6.45) is 14.8. The number of aryl methyl sites for hydroxylation is 4. The highest BCUT2D eigenvalue weighted by Crippen LogP contribution is 2.30. The normalized spacial score (nSPS) is 11.8. The lowest BCUT2D eigenvalue weighted by molar-refractivity contribution is -0.696. The van der Waals surface area contributed by atoms with Crippen LogP contribution < -0.4 is 9.13 Å². The van der Waals surface area contributed by atoms with Crippen LogP contribution in [0.5, 0.6) is 0 Å². The molecule has 9 aromatic rings. The molecule has 7 nitrogen and oxygen atoms in total. The van der Waals surface area contributed by atoms with E-state index < -0.39 is 0 Å². The van der Waals surface area contributed by atoms with E-state index >= 15 is 0 Å². The van der Waals surface area contributed by atoms with Gasteiger partial charge < -0.3 is 9.13 Å². The minimum absolute atomic E-state index is 0.903. The summed E-state index contributed by atoms with van der Waals surface area (Å²) < 4.78 is 13.6. The first-order valence-corrected chi connectivity index (χ1v) is 16.8.